The maximum Gasteiger partial charge on any atom is 0.223 e. The van der Waals surface area contributed by atoms with Crippen LogP contribution in [-0.4, -0.2) is 23.7 Å². The number of carbonyl (C=O) groups excluding carboxylic acids is 1. The molecule has 88 valence electrons. The van der Waals surface area contributed by atoms with Gasteiger partial charge in [0.05, 0.1) is 6.10 Å². The van der Waals surface area contributed by atoms with E-state index in [4.69, 9.17) is 5.11 Å². The fourth-order valence-electron chi connectivity index (χ4n) is 2.55. The first kappa shape index (κ1) is 12.5. The summed E-state index contributed by atoms with van der Waals surface area (Å²) < 4.78 is 0. The number of aliphatic hydroxyl groups excluding tert-OH is 1. The fraction of sp³-hybridized carbons (Fsp3) is 0.917. The standard InChI is InChI=1S/C12H23NO2/c1-8-4-9(2)6-11(5-8)12(15)13-7-10(3)14/h8-11,14H,4-7H2,1-3H3,(H,13,15)/t8-,9+,10-,11?/m1/s1. The fourth-order valence-corrected chi connectivity index (χ4v) is 2.55. The van der Waals surface area contributed by atoms with Crippen LogP contribution in [0.5, 0.6) is 0 Å². The summed E-state index contributed by atoms with van der Waals surface area (Å²) in [4.78, 5) is 11.8. The van der Waals surface area contributed by atoms with Gasteiger partial charge in [0.15, 0.2) is 0 Å². The van der Waals surface area contributed by atoms with Crippen molar-refractivity contribution in [3.05, 3.63) is 0 Å². The van der Waals surface area contributed by atoms with Crippen LogP contribution in [0.15, 0.2) is 0 Å². The van der Waals surface area contributed by atoms with Gasteiger partial charge in [-0.25, -0.2) is 0 Å². The van der Waals surface area contributed by atoms with Crippen molar-refractivity contribution < 1.29 is 9.90 Å². The first-order chi connectivity index (χ1) is 6.99. The second kappa shape index (κ2) is 5.50. The quantitative estimate of drug-likeness (QED) is 0.747. The van der Waals surface area contributed by atoms with Crippen LogP contribution in [0.3, 0.4) is 0 Å². The minimum atomic E-state index is -0.451. The van der Waals surface area contributed by atoms with E-state index in [2.05, 4.69) is 19.2 Å². The molecule has 0 spiro atoms. The molecule has 0 bridgehead atoms. The molecule has 1 amide bonds. The zero-order chi connectivity index (χ0) is 11.4. The van der Waals surface area contributed by atoms with Gasteiger partial charge in [-0.2, -0.15) is 0 Å². The van der Waals surface area contributed by atoms with Crippen molar-refractivity contribution in [2.45, 2.75) is 46.1 Å². The highest BCUT2D eigenvalue weighted by Crippen LogP contribution is 2.32. The Labute approximate surface area is 92.3 Å². The molecule has 0 aromatic heterocycles. The average molecular weight is 213 g/mol. The molecule has 0 aliphatic heterocycles. The Balaban J connectivity index is 2.38. The highest BCUT2D eigenvalue weighted by Gasteiger charge is 2.28. The number of amides is 1. The van der Waals surface area contributed by atoms with Gasteiger partial charge >= 0.3 is 0 Å². The number of rotatable bonds is 3. The van der Waals surface area contributed by atoms with E-state index in [0.717, 1.165) is 12.8 Å². The van der Waals surface area contributed by atoms with E-state index in [1.807, 2.05) is 0 Å². The summed E-state index contributed by atoms with van der Waals surface area (Å²) in [6, 6.07) is 0. The molecule has 3 nitrogen and oxygen atoms in total. The van der Waals surface area contributed by atoms with Crippen LogP contribution in [0.1, 0.15) is 40.0 Å². The Kier molecular flexibility index (Phi) is 4.58. The molecule has 0 aromatic carbocycles. The molecule has 15 heavy (non-hydrogen) atoms. The number of carbonyl (C=O) groups is 1. The van der Waals surface area contributed by atoms with E-state index in [-0.39, 0.29) is 11.8 Å². The second-order valence-corrected chi connectivity index (χ2v) is 5.21. The normalized spacial score (nSPS) is 33.5. The summed E-state index contributed by atoms with van der Waals surface area (Å²) in [5.74, 6) is 1.57. The molecular formula is C12H23NO2. The Morgan fingerprint density at radius 2 is 1.87 bits per heavy atom. The lowest BCUT2D eigenvalue weighted by atomic mass is 9.76. The molecule has 0 aromatic rings. The van der Waals surface area contributed by atoms with Crippen molar-refractivity contribution in [3.8, 4) is 0 Å². The van der Waals surface area contributed by atoms with Crippen LogP contribution < -0.4 is 5.32 Å². The number of aliphatic hydroxyl groups is 1. The monoisotopic (exact) mass is 213 g/mol. The minimum Gasteiger partial charge on any atom is -0.392 e. The summed E-state index contributed by atoms with van der Waals surface area (Å²) in [6.07, 6.45) is 2.78. The van der Waals surface area contributed by atoms with Gasteiger partial charge < -0.3 is 10.4 Å². The second-order valence-electron chi connectivity index (χ2n) is 5.21. The Hall–Kier alpha value is -0.570. The van der Waals surface area contributed by atoms with Crippen LogP contribution in [0.25, 0.3) is 0 Å². The lowest BCUT2D eigenvalue weighted by molar-refractivity contribution is -0.127. The van der Waals surface area contributed by atoms with Crippen molar-refractivity contribution in [2.24, 2.45) is 17.8 Å². The van der Waals surface area contributed by atoms with Gasteiger partial charge in [0.2, 0.25) is 5.91 Å². The third kappa shape index (κ3) is 4.20. The molecule has 0 saturated heterocycles. The van der Waals surface area contributed by atoms with E-state index in [9.17, 15) is 4.79 Å². The third-order valence-corrected chi connectivity index (χ3v) is 3.12. The molecule has 4 atom stereocenters. The van der Waals surface area contributed by atoms with Gasteiger partial charge in [0.25, 0.3) is 0 Å². The molecule has 1 fully saturated rings. The number of hydrogen-bond donors (Lipinski definition) is 2. The van der Waals surface area contributed by atoms with Gasteiger partial charge in [-0.15, -0.1) is 0 Å². The molecule has 2 N–H and O–H groups in total. The molecule has 0 heterocycles. The van der Waals surface area contributed by atoms with Crippen LogP contribution in [0, 0.1) is 17.8 Å². The highest BCUT2D eigenvalue weighted by atomic mass is 16.3. The maximum absolute atomic E-state index is 11.8. The summed E-state index contributed by atoms with van der Waals surface area (Å²) in [6.45, 7) is 6.49. The predicted molar refractivity (Wildman–Crippen MR) is 60.4 cm³/mol. The lowest BCUT2D eigenvalue weighted by Crippen LogP contribution is -2.38. The summed E-state index contributed by atoms with van der Waals surface area (Å²) in [5, 5.41) is 11.9. The number of nitrogens with one attached hydrogen (secondary N) is 1. The molecule has 0 radical (unpaired) electrons. The van der Waals surface area contributed by atoms with Crippen molar-refractivity contribution in [2.75, 3.05) is 6.54 Å². The van der Waals surface area contributed by atoms with Gasteiger partial charge in [-0.3, -0.25) is 4.79 Å². The van der Waals surface area contributed by atoms with Crippen LogP contribution in [0.2, 0.25) is 0 Å². The van der Waals surface area contributed by atoms with E-state index in [1.165, 1.54) is 6.42 Å². The van der Waals surface area contributed by atoms with E-state index >= 15 is 0 Å². The summed E-state index contributed by atoms with van der Waals surface area (Å²) in [5.41, 5.74) is 0. The van der Waals surface area contributed by atoms with Crippen LogP contribution in [-0.2, 0) is 4.79 Å². The predicted octanol–water partition coefficient (Wildman–Crippen LogP) is 1.56. The summed E-state index contributed by atoms with van der Waals surface area (Å²) >= 11 is 0. The van der Waals surface area contributed by atoms with Gasteiger partial charge in [-0.05, 0) is 38.0 Å². The Morgan fingerprint density at radius 1 is 1.33 bits per heavy atom. The Morgan fingerprint density at radius 3 is 2.33 bits per heavy atom. The first-order valence-electron chi connectivity index (χ1n) is 5.94. The van der Waals surface area contributed by atoms with Crippen molar-refractivity contribution in [1.82, 2.24) is 5.32 Å². The van der Waals surface area contributed by atoms with E-state index in [0.29, 0.717) is 18.4 Å². The molecule has 1 saturated carbocycles. The molecule has 1 rings (SSSR count). The van der Waals surface area contributed by atoms with Gasteiger partial charge in [0.1, 0.15) is 0 Å². The van der Waals surface area contributed by atoms with Crippen molar-refractivity contribution in [1.29, 1.82) is 0 Å². The average Bonchev–Trinajstić information content (AvgIpc) is 2.12. The molecule has 3 heteroatoms. The largest absolute Gasteiger partial charge is 0.392 e. The van der Waals surface area contributed by atoms with Gasteiger partial charge in [0, 0.05) is 12.5 Å². The van der Waals surface area contributed by atoms with E-state index < -0.39 is 6.10 Å². The van der Waals surface area contributed by atoms with Crippen LogP contribution in [0.4, 0.5) is 0 Å². The zero-order valence-corrected chi connectivity index (χ0v) is 9.99. The zero-order valence-electron chi connectivity index (χ0n) is 9.99. The SMILES string of the molecule is C[C@@H]1CC(C(=O)NC[C@@H](C)O)C[C@H](C)C1. The Bertz CT molecular complexity index is 206. The molecule has 1 unspecified atom stereocenters. The molecule has 1 aliphatic carbocycles. The third-order valence-electron chi connectivity index (χ3n) is 3.12. The van der Waals surface area contributed by atoms with Crippen molar-refractivity contribution in [3.63, 3.8) is 0 Å². The van der Waals surface area contributed by atoms with Gasteiger partial charge in [-0.1, -0.05) is 13.8 Å². The highest BCUT2D eigenvalue weighted by molar-refractivity contribution is 5.78. The number of hydrogen-bond acceptors (Lipinski definition) is 2. The molecule has 1 aliphatic rings. The van der Waals surface area contributed by atoms with E-state index in [1.54, 1.807) is 6.92 Å². The lowest BCUT2D eigenvalue weighted by Gasteiger charge is -2.30. The summed E-state index contributed by atoms with van der Waals surface area (Å²) in [7, 11) is 0. The maximum atomic E-state index is 11.8. The molecular weight excluding hydrogens is 190 g/mol. The topological polar surface area (TPSA) is 49.3 Å². The minimum absolute atomic E-state index is 0.120. The smallest absolute Gasteiger partial charge is 0.223 e. The van der Waals surface area contributed by atoms with Crippen molar-refractivity contribution >= 4 is 5.91 Å². The first-order valence-corrected chi connectivity index (χ1v) is 5.94. The van der Waals surface area contributed by atoms with Crippen LogP contribution >= 0.6 is 0 Å².